The molecule has 0 aromatic heterocycles. The SMILES string of the molecule is COC(=O)C1=C(c2ccccc2)c2ccc(OCCCc3ccccc3)cc2/C1=[N+](/C)[O-]. The first kappa shape index (κ1) is 21.4. The monoisotopic (exact) mass is 427 g/mol. The van der Waals surface area contributed by atoms with Gasteiger partial charge in [0.2, 0.25) is 5.71 Å². The molecule has 0 aliphatic heterocycles. The van der Waals surface area contributed by atoms with E-state index in [4.69, 9.17) is 9.47 Å². The standard InChI is InChI=1S/C27H25NO4/c1-28(30)26-23-18-21(32-17-9-12-19-10-5-3-6-11-19)15-16-22(23)24(25(26)27(29)31-2)20-13-7-4-8-14-20/h3-8,10-11,13-16,18H,9,12,17H2,1-2H3/b28-26+. The van der Waals surface area contributed by atoms with Gasteiger partial charge in [0, 0.05) is 5.57 Å². The lowest BCUT2D eigenvalue weighted by Gasteiger charge is -2.10. The lowest BCUT2D eigenvalue weighted by Crippen LogP contribution is -2.20. The summed E-state index contributed by atoms with van der Waals surface area (Å²) >= 11 is 0. The van der Waals surface area contributed by atoms with Gasteiger partial charge in [0.05, 0.1) is 19.3 Å². The second-order valence-electron chi connectivity index (χ2n) is 7.60. The number of methoxy groups -OCH3 is 1. The van der Waals surface area contributed by atoms with Crippen molar-refractivity contribution in [3.8, 4) is 5.75 Å². The van der Waals surface area contributed by atoms with Gasteiger partial charge in [-0.2, -0.15) is 0 Å². The predicted octanol–water partition coefficient (Wildman–Crippen LogP) is 4.62. The van der Waals surface area contributed by atoms with Crippen LogP contribution in [0.4, 0.5) is 0 Å². The maximum atomic E-state index is 12.7. The highest BCUT2D eigenvalue weighted by molar-refractivity contribution is 6.35. The Hall–Kier alpha value is -3.86. The first-order valence-corrected chi connectivity index (χ1v) is 10.6. The molecule has 0 atom stereocenters. The van der Waals surface area contributed by atoms with E-state index in [9.17, 15) is 10.0 Å². The Kier molecular flexibility index (Phi) is 6.36. The minimum atomic E-state index is -0.539. The molecule has 0 saturated heterocycles. The molecule has 4 rings (SSSR count). The molecular formula is C27H25NO4. The third kappa shape index (κ3) is 4.28. The van der Waals surface area contributed by atoms with E-state index < -0.39 is 5.97 Å². The smallest absolute Gasteiger partial charge is 0.345 e. The van der Waals surface area contributed by atoms with Gasteiger partial charge in [-0.3, -0.25) is 0 Å². The van der Waals surface area contributed by atoms with Crippen molar-refractivity contribution in [2.75, 3.05) is 20.8 Å². The summed E-state index contributed by atoms with van der Waals surface area (Å²) in [6, 6.07) is 25.5. The minimum Gasteiger partial charge on any atom is -0.624 e. The number of rotatable bonds is 7. The van der Waals surface area contributed by atoms with Gasteiger partial charge in [-0.25, -0.2) is 9.53 Å². The van der Waals surface area contributed by atoms with Crippen molar-refractivity contribution in [2.24, 2.45) is 0 Å². The Morgan fingerprint density at radius 1 is 0.938 bits per heavy atom. The van der Waals surface area contributed by atoms with E-state index in [-0.39, 0.29) is 5.57 Å². The van der Waals surface area contributed by atoms with Crippen molar-refractivity contribution >= 4 is 17.3 Å². The molecule has 3 aromatic carbocycles. The summed E-state index contributed by atoms with van der Waals surface area (Å²) in [7, 11) is 2.72. The van der Waals surface area contributed by atoms with E-state index in [0.29, 0.717) is 29.2 Å². The van der Waals surface area contributed by atoms with Crippen molar-refractivity contribution in [2.45, 2.75) is 12.8 Å². The summed E-state index contributed by atoms with van der Waals surface area (Å²) in [5.41, 5.74) is 4.86. The van der Waals surface area contributed by atoms with Crippen LogP contribution >= 0.6 is 0 Å². The number of hydrogen-bond acceptors (Lipinski definition) is 4. The van der Waals surface area contributed by atoms with Gasteiger partial charge in [-0.1, -0.05) is 60.7 Å². The number of benzene rings is 3. The summed E-state index contributed by atoms with van der Waals surface area (Å²) in [6.07, 6.45) is 1.80. The summed E-state index contributed by atoms with van der Waals surface area (Å²) in [5, 5.41) is 12.5. The van der Waals surface area contributed by atoms with E-state index in [0.717, 1.165) is 28.7 Å². The molecule has 0 N–H and O–H groups in total. The molecule has 32 heavy (non-hydrogen) atoms. The van der Waals surface area contributed by atoms with Crippen LogP contribution in [0.25, 0.3) is 5.57 Å². The first-order valence-electron chi connectivity index (χ1n) is 10.6. The number of fused-ring (bicyclic) bond motifs is 1. The Balaban J connectivity index is 1.64. The van der Waals surface area contributed by atoms with Gasteiger partial charge in [-0.15, -0.1) is 0 Å². The molecule has 5 heteroatoms. The van der Waals surface area contributed by atoms with Crippen molar-refractivity contribution in [1.29, 1.82) is 0 Å². The largest absolute Gasteiger partial charge is 0.624 e. The number of hydroxylamine groups is 1. The van der Waals surface area contributed by atoms with E-state index in [1.165, 1.54) is 19.7 Å². The molecule has 0 unspecified atom stereocenters. The summed E-state index contributed by atoms with van der Waals surface area (Å²) < 4.78 is 11.7. The zero-order valence-corrected chi connectivity index (χ0v) is 18.2. The topological polar surface area (TPSA) is 61.6 Å². The number of hydrogen-bond donors (Lipinski definition) is 0. The van der Waals surface area contributed by atoms with Crippen molar-refractivity contribution in [3.63, 3.8) is 0 Å². The molecule has 0 amide bonds. The molecule has 0 fully saturated rings. The van der Waals surface area contributed by atoms with Crippen molar-refractivity contribution < 1.29 is 19.0 Å². The van der Waals surface area contributed by atoms with Crippen LogP contribution in [-0.4, -0.2) is 37.2 Å². The number of esters is 1. The van der Waals surface area contributed by atoms with Gasteiger partial charge in [0.15, 0.2) is 0 Å². The van der Waals surface area contributed by atoms with Gasteiger partial charge in [-0.05, 0) is 47.7 Å². The van der Waals surface area contributed by atoms with Crippen molar-refractivity contribution in [1.82, 2.24) is 0 Å². The predicted molar refractivity (Wildman–Crippen MR) is 125 cm³/mol. The molecule has 5 nitrogen and oxygen atoms in total. The minimum absolute atomic E-state index is 0.271. The maximum Gasteiger partial charge on any atom is 0.345 e. The van der Waals surface area contributed by atoms with Gasteiger partial charge >= 0.3 is 5.97 Å². The number of carbonyl (C=O) groups excluding carboxylic acids is 1. The number of nitrogens with zero attached hydrogens (tertiary/aromatic N) is 1. The van der Waals surface area contributed by atoms with E-state index in [1.54, 1.807) is 0 Å². The summed E-state index contributed by atoms with van der Waals surface area (Å²) in [4.78, 5) is 12.7. The fourth-order valence-corrected chi connectivity index (χ4v) is 4.06. The molecule has 0 heterocycles. The Morgan fingerprint density at radius 2 is 1.62 bits per heavy atom. The van der Waals surface area contributed by atoms with Crippen LogP contribution in [0.1, 0.15) is 28.7 Å². The highest BCUT2D eigenvalue weighted by atomic mass is 16.5. The molecular weight excluding hydrogens is 402 g/mol. The van der Waals surface area contributed by atoms with Gasteiger partial charge in [0.25, 0.3) is 0 Å². The molecule has 1 aliphatic rings. The molecule has 0 saturated carbocycles. The number of aryl methyl sites for hydroxylation is 1. The molecule has 0 bridgehead atoms. The fraction of sp³-hybridized carbons (Fsp3) is 0.185. The zero-order valence-electron chi connectivity index (χ0n) is 18.2. The Morgan fingerprint density at radius 3 is 2.28 bits per heavy atom. The average molecular weight is 428 g/mol. The van der Waals surface area contributed by atoms with Gasteiger partial charge in [0.1, 0.15) is 18.4 Å². The van der Waals surface area contributed by atoms with Crippen LogP contribution in [0.2, 0.25) is 0 Å². The van der Waals surface area contributed by atoms with Crippen molar-refractivity contribution in [3.05, 3.63) is 112 Å². The Labute approximate surface area is 187 Å². The van der Waals surface area contributed by atoms with E-state index >= 15 is 0 Å². The lowest BCUT2D eigenvalue weighted by molar-refractivity contribution is -0.421. The highest BCUT2D eigenvalue weighted by Crippen LogP contribution is 2.39. The van der Waals surface area contributed by atoms with Crippen LogP contribution in [0.15, 0.2) is 84.4 Å². The van der Waals surface area contributed by atoms with Crippen LogP contribution in [-0.2, 0) is 16.0 Å². The fourth-order valence-electron chi connectivity index (χ4n) is 4.06. The van der Waals surface area contributed by atoms with Crippen LogP contribution in [0.5, 0.6) is 5.75 Å². The second-order valence-corrected chi connectivity index (χ2v) is 7.60. The third-order valence-corrected chi connectivity index (χ3v) is 5.49. The third-order valence-electron chi connectivity index (χ3n) is 5.49. The van der Waals surface area contributed by atoms with E-state index in [2.05, 4.69) is 12.1 Å². The van der Waals surface area contributed by atoms with Crippen LogP contribution < -0.4 is 4.74 Å². The Bertz CT molecular complexity index is 1180. The average Bonchev–Trinajstić information content (AvgIpc) is 3.17. The quantitative estimate of drug-likeness (QED) is 0.182. The summed E-state index contributed by atoms with van der Waals surface area (Å²) in [5.74, 6) is 0.123. The zero-order chi connectivity index (χ0) is 22.5. The number of carbonyl (C=O) groups is 1. The molecule has 162 valence electrons. The molecule has 0 spiro atoms. The molecule has 0 radical (unpaired) electrons. The van der Waals surface area contributed by atoms with Crippen LogP contribution in [0, 0.1) is 5.21 Å². The molecule has 1 aliphatic carbocycles. The maximum absolute atomic E-state index is 12.7. The first-order chi connectivity index (χ1) is 15.6. The molecule has 3 aromatic rings. The van der Waals surface area contributed by atoms with Crippen LogP contribution in [0.3, 0.4) is 0 Å². The normalized spacial score (nSPS) is 14.2. The summed E-state index contributed by atoms with van der Waals surface area (Å²) in [6.45, 7) is 0.555. The van der Waals surface area contributed by atoms with Gasteiger partial charge < -0.3 is 14.7 Å². The second kappa shape index (κ2) is 9.52. The number of ether oxygens (including phenoxy) is 2. The van der Waals surface area contributed by atoms with E-state index in [1.807, 2.05) is 66.7 Å². The lowest BCUT2D eigenvalue weighted by atomic mass is 9.97. The highest BCUT2D eigenvalue weighted by Gasteiger charge is 2.38.